The van der Waals surface area contributed by atoms with Gasteiger partial charge in [0.1, 0.15) is 27.1 Å². The molecule has 0 radical (unpaired) electrons. The van der Waals surface area contributed by atoms with Crippen LogP contribution < -0.4 is 4.90 Å². The Kier molecular flexibility index (Phi) is 7.39. The van der Waals surface area contributed by atoms with Crippen LogP contribution in [-0.2, 0) is 11.4 Å². The average Bonchev–Trinajstić information content (AvgIpc) is 2.57. The van der Waals surface area contributed by atoms with Crippen LogP contribution in [0, 0.1) is 11.8 Å². The van der Waals surface area contributed by atoms with Crippen molar-refractivity contribution in [3.05, 3.63) is 22.3 Å². The fourth-order valence-corrected chi connectivity index (χ4v) is 4.08. The van der Waals surface area contributed by atoms with E-state index in [-0.39, 0.29) is 11.1 Å². The topological polar surface area (TPSA) is 71.9 Å². The molecule has 156 valence electrons. The Morgan fingerprint density at radius 3 is 2.43 bits per heavy atom. The van der Waals surface area contributed by atoms with Crippen molar-refractivity contribution in [2.24, 2.45) is 16.2 Å². The van der Waals surface area contributed by atoms with E-state index in [4.69, 9.17) is 11.6 Å². The van der Waals surface area contributed by atoms with Gasteiger partial charge in [0, 0.05) is 32.7 Å². The molecule has 0 spiro atoms. The van der Waals surface area contributed by atoms with E-state index in [1.165, 1.54) is 17.5 Å². The van der Waals surface area contributed by atoms with E-state index in [0.29, 0.717) is 28.8 Å². The highest BCUT2D eigenvalue weighted by molar-refractivity contribution is 7.91. The van der Waals surface area contributed by atoms with Crippen molar-refractivity contribution in [3.8, 4) is 0 Å². The summed E-state index contributed by atoms with van der Waals surface area (Å²) in [5, 5.41) is 0.197. The van der Waals surface area contributed by atoms with Crippen molar-refractivity contribution in [1.82, 2.24) is 9.88 Å². The minimum Gasteiger partial charge on any atom is -0.591 e. The first kappa shape index (κ1) is 23.0. The van der Waals surface area contributed by atoms with Crippen LogP contribution in [0.25, 0.3) is 0 Å². The number of piperidine rings is 1. The van der Waals surface area contributed by atoms with E-state index < -0.39 is 16.1 Å². The number of hydrogen-bond acceptors (Lipinski definition) is 5. The summed E-state index contributed by atoms with van der Waals surface area (Å²) < 4.78 is 15.9. The Labute approximate surface area is 176 Å². The molecule has 0 aliphatic carbocycles. The molecule has 1 aliphatic rings. The second-order valence-electron chi connectivity index (χ2n) is 8.88. The van der Waals surface area contributed by atoms with Crippen LogP contribution in [-0.4, -0.2) is 58.5 Å². The molecule has 1 fully saturated rings. The van der Waals surface area contributed by atoms with Gasteiger partial charge in [-0.05, 0) is 45.1 Å². The van der Waals surface area contributed by atoms with Gasteiger partial charge < -0.3 is 14.4 Å². The van der Waals surface area contributed by atoms with Crippen LogP contribution >= 0.6 is 11.6 Å². The van der Waals surface area contributed by atoms with Crippen LogP contribution in [0.3, 0.4) is 0 Å². The molecule has 1 saturated heterocycles. The third-order valence-electron chi connectivity index (χ3n) is 4.63. The molecular formula is C20H31ClN4O2S. The fraction of sp³-hybridized carbons (Fsp3) is 0.650. The molecule has 1 aliphatic heterocycles. The summed E-state index contributed by atoms with van der Waals surface area (Å²) in [7, 11) is 3.38. The van der Waals surface area contributed by atoms with E-state index >= 15 is 0 Å². The number of carbonyl (C=O) groups is 1. The van der Waals surface area contributed by atoms with Gasteiger partial charge in [0.05, 0.1) is 11.8 Å². The molecule has 0 aromatic carbocycles. The van der Waals surface area contributed by atoms with Crippen molar-refractivity contribution in [3.63, 3.8) is 0 Å². The predicted molar refractivity (Wildman–Crippen MR) is 118 cm³/mol. The lowest BCUT2D eigenvalue weighted by Crippen LogP contribution is -2.39. The molecule has 1 aromatic rings. The summed E-state index contributed by atoms with van der Waals surface area (Å²) in [6.45, 7) is 11.7. The van der Waals surface area contributed by atoms with Crippen molar-refractivity contribution in [2.45, 2.75) is 45.8 Å². The number of pyridine rings is 1. The Morgan fingerprint density at radius 2 is 1.93 bits per heavy atom. The maximum Gasteiger partial charge on any atom is 0.254 e. The van der Waals surface area contributed by atoms with E-state index in [2.05, 4.69) is 28.1 Å². The lowest BCUT2D eigenvalue weighted by Gasteiger charge is -2.36. The normalized spacial score (nSPS) is 21.8. The summed E-state index contributed by atoms with van der Waals surface area (Å²) in [5.74, 6) is 1.61. The lowest BCUT2D eigenvalue weighted by molar-refractivity contribution is 0.0827. The van der Waals surface area contributed by atoms with Crippen molar-refractivity contribution >= 4 is 40.9 Å². The maximum atomic E-state index is 12.8. The second kappa shape index (κ2) is 9.01. The third kappa shape index (κ3) is 5.61. The second-order valence-corrected chi connectivity index (χ2v) is 11.2. The summed E-state index contributed by atoms with van der Waals surface area (Å²) in [6.07, 6.45) is 2.59. The summed E-state index contributed by atoms with van der Waals surface area (Å²) in [5.41, 5.74) is 0.820. The van der Waals surface area contributed by atoms with Gasteiger partial charge in [0.15, 0.2) is 0 Å². The number of carbonyl (C=O) groups excluding carboxylic acids is 1. The zero-order valence-corrected chi connectivity index (χ0v) is 19.4. The van der Waals surface area contributed by atoms with Gasteiger partial charge >= 0.3 is 0 Å². The minimum atomic E-state index is -1.45. The number of nitrogens with zero attached hydrogens (tertiary/aromatic N) is 4. The number of aromatic nitrogens is 1. The number of amides is 1. The Bertz CT molecular complexity index is 738. The highest BCUT2D eigenvalue weighted by Crippen LogP contribution is 2.29. The van der Waals surface area contributed by atoms with E-state index in [1.54, 1.807) is 20.2 Å². The lowest BCUT2D eigenvalue weighted by atomic mass is 9.92. The number of rotatable bonds is 4. The number of halogens is 1. The fourth-order valence-electron chi connectivity index (χ4n) is 3.32. The molecule has 3 atom stereocenters. The van der Waals surface area contributed by atoms with E-state index in [1.807, 2.05) is 20.8 Å². The van der Waals surface area contributed by atoms with Crippen LogP contribution in [0.15, 0.2) is 10.5 Å². The molecule has 2 rings (SSSR count). The molecule has 0 saturated carbocycles. The predicted octanol–water partition coefficient (Wildman–Crippen LogP) is 3.80. The van der Waals surface area contributed by atoms with Crippen molar-refractivity contribution < 1.29 is 9.35 Å². The molecule has 3 unspecified atom stereocenters. The van der Waals surface area contributed by atoms with Gasteiger partial charge in [-0.15, -0.1) is 0 Å². The smallest absolute Gasteiger partial charge is 0.254 e. The first-order chi connectivity index (χ1) is 12.9. The molecule has 28 heavy (non-hydrogen) atoms. The largest absolute Gasteiger partial charge is 0.591 e. The van der Waals surface area contributed by atoms with Gasteiger partial charge in [-0.25, -0.2) is 4.98 Å². The quantitative estimate of drug-likeness (QED) is 0.417. The Balaban J connectivity index is 2.48. The van der Waals surface area contributed by atoms with Gasteiger partial charge in [-0.3, -0.25) is 4.79 Å². The number of anilines is 1. The van der Waals surface area contributed by atoms with Crippen molar-refractivity contribution in [1.29, 1.82) is 0 Å². The molecule has 1 amide bonds. The van der Waals surface area contributed by atoms with Gasteiger partial charge in [-0.1, -0.05) is 29.8 Å². The summed E-state index contributed by atoms with van der Waals surface area (Å²) >= 11 is 5.02. The Morgan fingerprint density at radius 1 is 1.36 bits per heavy atom. The van der Waals surface area contributed by atoms with E-state index in [9.17, 15) is 9.35 Å². The van der Waals surface area contributed by atoms with Crippen LogP contribution in [0.4, 0.5) is 5.82 Å². The average molecular weight is 427 g/mol. The van der Waals surface area contributed by atoms with Gasteiger partial charge in [0.2, 0.25) is 0 Å². The standard InChI is InChI=1S/C20H31ClN4O2S/c1-13-8-14(2)12-25(11-13)17-9-15(19(26)24(6)7)16(18(21)23-17)10-22-28(27)20(3,4)5/h9-10,13-14H,8,11-12H2,1-7H3. The maximum absolute atomic E-state index is 12.8. The van der Waals surface area contributed by atoms with Gasteiger partial charge in [-0.2, -0.15) is 0 Å². The third-order valence-corrected chi connectivity index (χ3v) is 6.26. The Hall–Kier alpha value is -1.31. The summed E-state index contributed by atoms with van der Waals surface area (Å²) in [4.78, 5) is 21.0. The zero-order chi connectivity index (χ0) is 21.2. The molecule has 6 nitrogen and oxygen atoms in total. The van der Waals surface area contributed by atoms with Crippen LogP contribution in [0.1, 0.15) is 57.0 Å². The highest BCUT2D eigenvalue weighted by atomic mass is 35.5. The van der Waals surface area contributed by atoms with E-state index in [0.717, 1.165) is 13.1 Å². The van der Waals surface area contributed by atoms with Crippen molar-refractivity contribution in [2.75, 3.05) is 32.1 Å². The molecule has 8 heteroatoms. The highest BCUT2D eigenvalue weighted by Gasteiger charge is 2.28. The van der Waals surface area contributed by atoms with Crippen LogP contribution in [0.5, 0.6) is 0 Å². The first-order valence-corrected chi connectivity index (χ1v) is 11.0. The minimum absolute atomic E-state index is 0.188. The first-order valence-electron chi connectivity index (χ1n) is 9.53. The monoisotopic (exact) mass is 426 g/mol. The molecular weight excluding hydrogens is 396 g/mol. The molecule has 2 heterocycles. The zero-order valence-electron chi connectivity index (χ0n) is 17.8. The van der Waals surface area contributed by atoms with Gasteiger partial charge in [0.25, 0.3) is 5.91 Å². The molecule has 1 aromatic heterocycles. The SMILES string of the molecule is CC1CC(C)CN(c2cc(C(=O)N(C)C)c(C=N[S+]([O-])C(C)(C)C)c(Cl)n2)C1. The number of hydrogen-bond donors (Lipinski definition) is 0. The van der Waals surface area contributed by atoms with Crippen LogP contribution in [0.2, 0.25) is 5.15 Å². The molecule has 0 N–H and O–H groups in total. The molecule has 0 bridgehead atoms. The summed E-state index contributed by atoms with van der Waals surface area (Å²) in [6, 6.07) is 1.78.